The number of benzene rings is 1. The van der Waals surface area contributed by atoms with Crippen molar-refractivity contribution in [3.63, 3.8) is 0 Å². The summed E-state index contributed by atoms with van der Waals surface area (Å²) in [6.07, 6.45) is 5.91. The van der Waals surface area contributed by atoms with E-state index in [4.69, 9.17) is 16.3 Å². The minimum absolute atomic E-state index is 0.0381. The molecular weight excluding hydrogens is 325 g/mol. The van der Waals surface area contributed by atoms with Crippen LogP contribution in [0.2, 0.25) is 5.02 Å². The first-order valence-corrected chi connectivity index (χ1v) is 6.87. The summed E-state index contributed by atoms with van der Waals surface area (Å²) in [6, 6.07) is 3.97. The average molecular weight is 338 g/mol. The number of allylic oxidation sites excluding steroid dienone is 2. The Morgan fingerprint density at radius 2 is 1.83 bits per heavy atom. The van der Waals surface area contributed by atoms with Gasteiger partial charge in [0.05, 0.1) is 25.5 Å². The Morgan fingerprint density at radius 1 is 1.13 bits per heavy atom. The van der Waals surface area contributed by atoms with E-state index in [0.29, 0.717) is 0 Å². The SMILES string of the molecule is COC(=O)C1=C(C(=O)OC)N(c2ccc(Cl)cc2F)C=CC=C1. The van der Waals surface area contributed by atoms with Gasteiger partial charge in [0, 0.05) is 11.2 Å². The van der Waals surface area contributed by atoms with Crippen LogP contribution in [0.3, 0.4) is 0 Å². The number of esters is 2. The van der Waals surface area contributed by atoms with Crippen molar-refractivity contribution in [1.29, 1.82) is 0 Å². The zero-order valence-corrected chi connectivity index (χ0v) is 13.1. The quantitative estimate of drug-likeness (QED) is 0.794. The third-order valence-electron chi connectivity index (χ3n) is 3.06. The Kier molecular flexibility index (Phi) is 5.18. The predicted molar refractivity (Wildman–Crippen MR) is 83.2 cm³/mol. The van der Waals surface area contributed by atoms with Crippen LogP contribution in [0.1, 0.15) is 0 Å². The summed E-state index contributed by atoms with van der Waals surface area (Å²) in [5, 5.41) is 0.208. The molecule has 2 rings (SSSR count). The third-order valence-corrected chi connectivity index (χ3v) is 3.29. The summed E-state index contributed by atoms with van der Waals surface area (Å²) in [5.41, 5.74) is -0.180. The summed E-state index contributed by atoms with van der Waals surface area (Å²) < 4.78 is 23.6. The number of rotatable bonds is 3. The van der Waals surface area contributed by atoms with Crippen LogP contribution in [-0.4, -0.2) is 26.2 Å². The van der Waals surface area contributed by atoms with Crippen LogP contribution >= 0.6 is 11.6 Å². The second kappa shape index (κ2) is 7.11. The largest absolute Gasteiger partial charge is 0.465 e. The molecule has 1 aliphatic heterocycles. The first-order valence-electron chi connectivity index (χ1n) is 6.49. The van der Waals surface area contributed by atoms with Crippen molar-refractivity contribution in [2.24, 2.45) is 0 Å². The Labute approximate surface area is 137 Å². The van der Waals surface area contributed by atoms with Gasteiger partial charge in [-0.3, -0.25) is 0 Å². The molecule has 0 atom stereocenters. The third kappa shape index (κ3) is 3.43. The molecule has 0 amide bonds. The van der Waals surface area contributed by atoms with E-state index in [2.05, 4.69) is 4.74 Å². The lowest BCUT2D eigenvalue weighted by Gasteiger charge is -2.23. The van der Waals surface area contributed by atoms with E-state index in [1.807, 2.05) is 0 Å². The van der Waals surface area contributed by atoms with Crippen molar-refractivity contribution in [3.8, 4) is 0 Å². The predicted octanol–water partition coefficient (Wildman–Crippen LogP) is 2.97. The van der Waals surface area contributed by atoms with E-state index >= 15 is 0 Å². The van der Waals surface area contributed by atoms with Crippen molar-refractivity contribution in [2.75, 3.05) is 19.1 Å². The molecule has 1 aliphatic rings. The van der Waals surface area contributed by atoms with Gasteiger partial charge in [0.15, 0.2) is 0 Å². The number of carbonyl (C=O) groups is 2. The van der Waals surface area contributed by atoms with E-state index in [-0.39, 0.29) is 22.0 Å². The summed E-state index contributed by atoms with van der Waals surface area (Å²) >= 11 is 5.75. The number of halogens is 2. The maximum atomic E-state index is 14.2. The molecule has 0 radical (unpaired) electrons. The number of nitrogens with zero attached hydrogens (tertiary/aromatic N) is 1. The van der Waals surface area contributed by atoms with Gasteiger partial charge in [-0.05, 0) is 30.4 Å². The van der Waals surface area contributed by atoms with Crippen molar-refractivity contribution in [2.45, 2.75) is 0 Å². The minimum atomic E-state index is -0.809. The first kappa shape index (κ1) is 16.8. The van der Waals surface area contributed by atoms with Crippen LogP contribution in [0.5, 0.6) is 0 Å². The maximum absolute atomic E-state index is 14.2. The van der Waals surface area contributed by atoms with E-state index < -0.39 is 17.8 Å². The fraction of sp³-hybridized carbons (Fsp3) is 0.125. The highest BCUT2D eigenvalue weighted by atomic mass is 35.5. The van der Waals surface area contributed by atoms with Gasteiger partial charge in [0.1, 0.15) is 11.5 Å². The van der Waals surface area contributed by atoms with Crippen molar-refractivity contribution >= 4 is 29.2 Å². The lowest BCUT2D eigenvalue weighted by Crippen LogP contribution is -2.27. The molecule has 0 bridgehead atoms. The van der Waals surface area contributed by atoms with E-state index in [0.717, 1.165) is 6.07 Å². The van der Waals surface area contributed by atoms with Gasteiger partial charge in [0.2, 0.25) is 0 Å². The molecule has 1 aromatic carbocycles. The summed E-state index contributed by atoms with van der Waals surface area (Å²) in [5.74, 6) is -2.21. The fourth-order valence-electron chi connectivity index (χ4n) is 2.03. The summed E-state index contributed by atoms with van der Waals surface area (Å²) in [7, 11) is 2.35. The van der Waals surface area contributed by atoms with E-state index in [1.165, 1.54) is 49.6 Å². The fourth-order valence-corrected chi connectivity index (χ4v) is 2.19. The van der Waals surface area contributed by atoms with E-state index in [1.54, 1.807) is 6.08 Å². The Balaban J connectivity index is 2.68. The van der Waals surface area contributed by atoms with Gasteiger partial charge in [0.25, 0.3) is 0 Å². The van der Waals surface area contributed by atoms with Crippen LogP contribution in [0, 0.1) is 5.82 Å². The molecule has 0 saturated carbocycles. The number of anilines is 1. The number of hydrogen-bond donors (Lipinski definition) is 0. The zero-order valence-electron chi connectivity index (χ0n) is 12.4. The molecule has 120 valence electrons. The minimum Gasteiger partial charge on any atom is -0.465 e. The second-order valence-electron chi connectivity index (χ2n) is 4.41. The van der Waals surface area contributed by atoms with Crippen LogP contribution in [0.4, 0.5) is 10.1 Å². The normalized spacial score (nSPS) is 13.8. The summed E-state index contributed by atoms with van der Waals surface area (Å²) in [6.45, 7) is 0. The second-order valence-corrected chi connectivity index (χ2v) is 4.85. The molecule has 0 N–H and O–H groups in total. The molecule has 0 aromatic heterocycles. The maximum Gasteiger partial charge on any atom is 0.355 e. The van der Waals surface area contributed by atoms with Gasteiger partial charge in [-0.1, -0.05) is 17.7 Å². The number of hydrogen-bond acceptors (Lipinski definition) is 5. The lowest BCUT2D eigenvalue weighted by molar-refractivity contribution is -0.139. The zero-order chi connectivity index (χ0) is 17.0. The lowest BCUT2D eigenvalue weighted by atomic mass is 10.1. The van der Waals surface area contributed by atoms with Gasteiger partial charge in [-0.15, -0.1) is 0 Å². The number of methoxy groups -OCH3 is 2. The Hall–Kier alpha value is -2.60. The molecule has 23 heavy (non-hydrogen) atoms. The first-order chi connectivity index (χ1) is 11.0. The van der Waals surface area contributed by atoms with Crippen LogP contribution < -0.4 is 4.90 Å². The van der Waals surface area contributed by atoms with Crippen LogP contribution in [0.15, 0.2) is 53.9 Å². The standard InChI is InChI=1S/C16H13ClFNO4/c1-22-15(20)11-5-3-4-8-19(14(11)16(21)23-2)13-7-6-10(17)9-12(13)18/h3-9H,1-2H3. The van der Waals surface area contributed by atoms with Crippen molar-refractivity contribution < 1.29 is 23.5 Å². The molecule has 0 fully saturated rings. The number of carbonyl (C=O) groups excluding carboxylic acids is 2. The van der Waals surface area contributed by atoms with Crippen LogP contribution in [0.25, 0.3) is 0 Å². The number of ether oxygens (including phenoxy) is 2. The molecule has 1 aromatic rings. The topological polar surface area (TPSA) is 55.8 Å². The van der Waals surface area contributed by atoms with Crippen molar-refractivity contribution in [1.82, 2.24) is 0 Å². The highest BCUT2D eigenvalue weighted by Crippen LogP contribution is 2.29. The molecule has 0 saturated heterocycles. The van der Waals surface area contributed by atoms with Gasteiger partial charge in [-0.25, -0.2) is 14.0 Å². The molecule has 5 nitrogen and oxygen atoms in total. The average Bonchev–Trinajstić information content (AvgIpc) is 2.76. The van der Waals surface area contributed by atoms with Crippen molar-refractivity contribution in [3.05, 3.63) is 64.7 Å². The Morgan fingerprint density at radius 3 is 2.43 bits per heavy atom. The summed E-state index contributed by atoms with van der Waals surface area (Å²) in [4.78, 5) is 25.3. The van der Waals surface area contributed by atoms with Gasteiger partial charge < -0.3 is 14.4 Å². The highest BCUT2D eigenvalue weighted by molar-refractivity contribution is 6.30. The van der Waals surface area contributed by atoms with Gasteiger partial charge in [-0.2, -0.15) is 0 Å². The van der Waals surface area contributed by atoms with Gasteiger partial charge >= 0.3 is 11.9 Å². The molecular formula is C16H13ClFNO4. The highest BCUT2D eigenvalue weighted by Gasteiger charge is 2.28. The Bertz CT molecular complexity index is 740. The monoisotopic (exact) mass is 337 g/mol. The molecule has 7 heteroatoms. The molecule has 0 spiro atoms. The van der Waals surface area contributed by atoms with Crippen LogP contribution in [-0.2, 0) is 19.1 Å². The molecule has 0 unspecified atom stereocenters. The smallest absolute Gasteiger partial charge is 0.355 e. The molecule has 1 heterocycles. The van der Waals surface area contributed by atoms with E-state index in [9.17, 15) is 14.0 Å². The molecule has 0 aliphatic carbocycles.